The van der Waals surface area contributed by atoms with Crippen molar-refractivity contribution in [3.8, 4) is 0 Å². The van der Waals surface area contributed by atoms with Crippen molar-refractivity contribution in [1.29, 1.82) is 0 Å². The Morgan fingerprint density at radius 2 is 2.06 bits per heavy atom. The lowest BCUT2D eigenvalue weighted by Crippen LogP contribution is -2.32. The SMILES string of the molecule is CCOC(=O)C(F)C(O)CCc1ccccc1. The van der Waals surface area contributed by atoms with E-state index in [2.05, 4.69) is 4.74 Å². The Bertz CT molecular complexity index is 340. The lowest BCUT2D eigenvalue weighted by molar-refractivity contribution is -0.153. The Hall–Kier alpha value is -1.42. The van der Waals surface area contributed by atoms with E-state index in [1.807, 2.05) is 30.3 Å². The van der Waals surface area contributed by atoms with Gasteiger partial charge in [-0.2, -0.15) is 0 Å². The quantitative estimate of drug-likeness (QED) is 0.772. The van der Waals surface area contributed by atoms with Gasteiger partial charge in [0.2, 0.25) is 6.17 Å². The molecule has 0 saturated carbocycles. The predicted molar refractivity (Wildman–Crippen MR) is 62.3 cm³/mol. The van der Waals surface area contributed by atoms with Crippen LogP contribution in [0.25, 0.3) is 0 Å². The predicted octanol–water partition coefficient (Wildman–Crippen LogP) is 1.88. The zero-order chi connectivity index (χ0) is 12.7. The Labute approximate surface area is 100 Å². The standard InChI is InChI=1S/C13H17FO3/c1-2-17-13(16)12(14)11(15)9-8-10-6-4-3-5-7-10/h3-7,11-12,15H,2,8-9H2,1H3. The number of carbonyl (C=O) groups is 1. The third-order valence-electron chi connectivity index (χ3n) is 2.42. The number of hydrogen-bond donors (Lipinski definition) is 1. The molecule has 0 heterocycles. The second-order valence-corrected chi connectivity index (χ2v) is 3.75. The van der Waals surface area contributed by atoms with Crippen LogP contribution < -0.4 is 0 Å². The Morgan fingerprint density at radius 3 is 2.65 bits per heavy atom. The minimum atomic E-state index is -1.96. The summed E-state index contributed by atoms with van der Waals surface area (Å²) in [6.07, 6.45) is -2.54. The molecule has 0 aliphatic rings. The lowest BCUT2D eigenvalue weighted by atomic mass is 10.0. The summed E-state index contributed by atoms with van der Waals surface area (Å²) >= 11 is 0. The van der Waals surface area contributed by atoms with Gasteiger partial charge in [-0.1, -0.05) is 30.3 Å². The van der Waals surface area contributed by atoms with Crippen LogP contribution in [0.3, 0.4) is 0 Å². The van der Waals surface area contributed by atoms with Gasteiger partial charge in [-0.05, 0) is 25.3 Å². The molecule has 0 saturated heterocycles. The molecule has 0 radical (unpaired) electrons. The van der Waals surface area contributed by atoms with Gasteiger partial charge in [0.1, 0.15) is 0 Å². The van der Waals surface area contributed by atoms with Crippen LogP contribution in [0.2, 0.25) is 0 Å². The monoisotopic (exact) mass is 240 g/mol. The summed E-state index contributed by atoms with van der Waals surface area (Å²) in [5.41, 5.74) is 1.00. The highest BCUT2D eigenvalue weighted by molar-refractivity contribution is 5.75. The summed E-state index contributed by atoms with van der Waals surface area (Å²) in [6, 6.07) is 9.42. The maximum Gasteiger partial charge on any atom is 0.343 e. The second-order valence-electron chi connectivity index (χ2n) is 3.75. The van der Waals surface area contributed by atoms with E-state index in [1.165, 1.54) is 0 Å². The van der Waals surface area contributed by atoms with Gasteiger partial charge in [-0.3, -0.25) is 0 Å². The van der Waals surface area contributed by atoms with E-state index in [-0.39, 0.29) is 13.0 Å². The molecule has 1 N–H and O–H groups in total. The van der Waals surface area contributed by atoms with Gasteiger partial charge in [-0.25, -0.2) is 9.18 Å². The average Bonchev–Trinajstić information content (AvgIpc) is 2.36. The third kappa shape index (κ3) is 4.53. The molecule has 0 amide bonds. The van der Waals surface area contributed by atoms with Gasteiger partial charge < -0.3 is 9.84 Å². The fourth-order valence-corrected chi connectivity index (χ4v) is 1.48. The molecule has 0 aromatic heterocycles. The van der Waals surface area contributed by atoms with Crippen LogP contribution in [-0.4, -0.2) is 30.0 Å². The van der Waals surface area contributed by atoms with E-state index in [9.17, 15) is 14.3 Å². The first-order valence-electron chi connectivity index (χ1n) is 5.67. The molecular weight excluding hydrogens is 223 g/mol. The van der Waals surface area contributed by atoms with Crippen molar-refractivity contribution in [3.63, 3.8) is 0 Å². The van der Waals surface area contributed by atoms with Crippen molar-refractivity contribution < 1.29 is 19.0 Å². The number of halogens is 1. The number of benzene rings is 1. The first-order valence-corrected chi connectivity index (χ1v) is 5.67. The molecule has 0 fully saturated rings. The molecule has 0 bridgehead atoms. The summed E-state index contributed by atoms with van der Waals surface area (Å²) < 4.78 is 17.9. The van der Waals surface area contributed by atoms with E-state index >= 15 is 0 Å². The van der Waals surface area contributed by atoms with Gasteiger partial charge in [0, 0.05) is 0 Å². The molecule has 2 atom stereocenters. The summed E-state index contributed by atoms with van der Waals surface area (Å²) in [5.74, 6) is -0.993. The van der Waals surface area contributed by atoms with Crippen LogP contribution in [0.15, 0.2) is 30.3 Å². The first kappa shape index (κ1) is 13.6. The third-order valence-corrected chi connectivity index (χ3v) is 2.42. The number of hydrogen-bond acceptors (Lipinski definition) is 3. The zero-order valence-corrected chi connectivity index (χ0v) is 9.80. The van der Waals surface area contributed by atoms with Crippen molar-refractivity contribution in [2.24, 2.45) is 0 Å². The largest absolute Gasteiger partial charge is 0.464 e. The number of ether oxygens (including phenoxy) is 1. The minimum Gasteiger partial charge on any atom is -0.464 e. The van der Waals surface area contributed by atoms with Gasteiger partial charge >= 0.3 is 5.97 Å². The molecule has 0 aliphatic carbocycles. The van der Waals surface area contributed by atoms with Crippen LogP contribution in [0.5, 0.6) is 0 Å². The van der Waals surface area contributed by atoms with Crippen LogP contribution in [0, 0.1) is 0 Å². The summed E-state index contributed by atoms with van der Waals surface area (Å²) in [5, 5.41) is 9.50. The van der Waals surface area contributed by atoms with Crippen LogP contribution in [-0.2, 0) is 16.0 Å². The number of esters is 1. The molecule has 0 aliphatic heterocycles. The maximum absolute atomic E-state index is 13.4. The number of alkyl halides is 1. The van der Waals surface area contributed by atoms with Gasteiger partial charge in [0.15, 0.2) is 0 Å². The summed E-state index contributed by atoms with van der Waals surface area (Å²) in [6.45, 7) is 1.71. The fraction of sp³-hybridized carbons (Fsp3) is 0.462. The molecule has 3 nitrogen and oxygen atoms in total. The lowest BCUT2D eigenvalue weighted by Gasteiger charge is -2.14. The minimum absolute atomic E-state index is 0.116. The normalized spacial score (nSPS) is 14.1. The molecule has 17 heavy (non-hydrogen) atoms. The molecule has 0 spiro atoms. The smallest absolute Gasteiger partial charge is 0.343 e. The van der Waals surface area contributed by atoms with Crippen LogP contribution in [0.1, 0.15) is 18.9 Å². The van der Waals surface area contributed by atoms with Crippen molar-refractivity contribution in [2.75, 3.05) is 6.61 Å². The highest BCUT2D eigenvalue weighted by Crippen LogP contribution is 2.10. The highest BCUT2D eigenvalue weighted by atomic mass is 19.1. The Kier molecular flexibility index (Phi) is 5.63. The molecule has 2 unspecified atom stereocenters. The van der Waals surface area contributed by atoms with Crippen LogP contribution in [0.4, 0.5) is 4.39 Å². The van der Waals surface area contributed by atoms with Gasteiger partial charge in [-0.15, -0.1) is 0 Å². The van der Waals surface area contributed by atoms with E-state index in [4.69, 9.17) is 0 Å². The van der Waals surface area contributed by atoms with E-state index in [1.54, 1.807) is 6.92 Å². The van der Waals surface area contributed by atoms with E-state index < -0.39 is 18.2 Å². The van der Waals surface area contributed by atoms with Crippen molar-refractivity contribution in [1.82, 2.24) is 0 Å². The topological polar surface area (TPSA) is 46.5 Å². The Balaban J connectivity index is 2.39. The number of rotatable bonds is 6. The number of carbonyl (C=O) groups excluding carboxylic acids is 1. The second kappa shape index (κ2) is 7.01. The van der Waals surface area contributed by atoms with Crippen LogP contribution >= 0.6 is 0 Å². The summed E-state index contributed by atoms with van der Waals surface area (Å²) in [4.78, 5) is 11.0. The number of aryl methyl sites for hydroxylation is 1. The van der Waals surface area contributed by atoms with Gasteiger partial charge in [0.05, 0.1) is 12.7 Å². The molecular formula is C13H17FO3. The highest BCUT2D eigenvalue weighted by Gasteiger charge is 2.27. The first-order chi connectivity index (χ1) is 8.15. The van der Waals surface area contributed by atoms with Crippen molar-refractivity contribution >= 4 is 5.97 Å². The maximum atomic E-state index is 13.4. The summed E-state index contributed by atoms with van der Waals surface area (Å²) in [7, 11) is 0. The number of aliphatic hydroxyl groups excluding tert-OH is 1. The molecule has 4 heteroatoms. The van der Waals surface area contributed by atoms with E-state index in [0.717, 1.165) is 5.56 Å². The van der Waals surface area contributed by atoms with Gasteiger partial charge in [0.25, 0.3) is 0 Å². The molecule has 94 valence electrons. The number of aliphatic hydroxyl groups is 1. The molecule has 1 rings (SSSR count). The van der Waals surface area contributed by atoms with Crippen molar-refractivity contribution in [3.05, 3.63) is 35.9 Å². The van der Waals surface area contributed by atoms with E-state index in [0.29, 0.717) is 6.42 Å². The fourth-order valence-electron chi connectivity index (χ4n) is 1.48. The van der Waals surface area contributed by atoms with Crippen molar-refractivity contribution in [2.45, 2.75) is 32.0 Å². The average molecular weight is 240 g/mol. The Morgan fingerprint density at radius 1 is 1.41 bits per heavy atom. The molecule has 1 aromatic carbocycles. The molecule has 1 aromatic rings. The zero-order valence-electron chi connectivity index (χ0n) is 9.80.